The van der Waals surface area contributed by atoms with Gasteiger partial charge in [-0.2, -0.15) is 0 Å². The minimum atomic E-state index is -0.182. The number of aryl methyl sites for hydroxylation is 3. The molecule has 1 atom stereocenters. The van der Waals surface area contributed by atoms with Crippen LogP contribution in [0.2, 0.25) is 0 Å². The van der Waals surface area contributed by atoms with Crippen molar-refractivity contribution < 1.29 is 4.79 Å². The number of hydrogen-bond donors (Lipinski definition) is 2. The van der Waals surface area contributed by atoms with Crippen LogP contribution < -0.4 is 10.9 Å². The van der Waals surface area contributed by atoms with Gasteiger partial charge in [-0.15, -0.1) is 11.3 Å². The molecule has 2 heterocycles. The van der Waals surface area contributed by atoms with Crippen molar-refractivity contribution in [1.82, 2.24) is 15.3 Å². The number of fused-ring (bicyclic) bond motifs is 2. The molecule has 2 aromatic heterocycles. The lowest BCUT2D eigenvalue weighted by molar-refractivity contribution is 0.0936. The molecule has 1 amide bonds. The molecule has 3 aromatic rings. The van der Waals surface area contributed by atoms with Gasteiger partial charge in [0.05, 0.1) is 16.3 Å². The summed E-state index contributed by atoms with van der Waals surface area (Å²) in [5, 5.41) is 3.68. The summed E-state index contributed by atoms with van der Waals surface area (Å²) in [6.07, 6.45) is 3.06. The van der Waals surface area contributed by atoms with E-state index in [1.54, 1.807) is 6.92 Å². The molecule has 0 bridgehead atoms. The Hall–Kier alpha value is -2.47. The molecule has 0 radical (unpaired) electrons. The fourth-order valence-corrected chi connectivity index (χ4v) is 4.73. The molecule has 0 saturated carbocycles. The minimum Gasteiger partial charge on any atom is -0.345 e. The van der Waals surface area contributed by atoms with E-state index in [4.69, 9.17) is 0 Å². The summed E-state index contributed by atoms with van der Waals surface area (Å²) < 4.78 is 0. The van der Waals surface area contributed by atoms with Crippen LogP contribution in [0.3, 0.4) is 0 Å². The molecule has 1 aliphatic rings. The molecule has 0 fully saturated rings. The van der Waals surface area contributed by atoms with E-state index in [1.807, 2.05) is 19.1 Å². The summed E-state index contributed by atoms with van der Waals surface area (Å²) in [4.78, 5) is 33.3. The highest BCUT2D eigenvalue weighted by atomic mass is 32.1. The third-order valence-electron chi connectivity index (χ3n) is 4.80. The molecule has 0 spiro atoms. The van der Waals surface area contributed by atoms with Gasteiger partial charge in [0.15, 0.2) is 0 Å². The molecule has 25 heavy (non-hydrogen) atoms. The fraction of sp³-hybridized carbons (Fsp3) is 0.316. The second kappa shape index (κ2) is 6.11. The molecule has 128 valence electrons. The quantitative estimate of drug-likeness (QED) is 0.741. The van der Waals surface area contributed by atoms with Gasteiger partial charge in [0.25, 0.3) is 11.5 Å². The van der Waals surface area contributed by atoms with E-state index in [0.29, 0.717) is 26.5 Å². The van der Waals surface area contributed by atoms with Crippen LogP contribution in [0.4, 0.5) is 0 Å². The number of H-pyrrole nitrogens is 1. The summed E-state index contributed by atoms with van der Waals surface area (Å²) in [6.45, 7) is 3.56. The van der Waals surface area contributed by atoms with Crippen LogP contribution in [0, 0.1) is 13.8 Å². The first-order valence-corrected chi connectivity index (χ1v) is 9.25. The van der Waals surface area contributed by atoms with Crippen molar-refractivity contribution in [2.75, 3.05) is 0 Å². The van der Waals surface area contributed by atoms with Crippen LogP contribution in [0.15, 0.2) is 29.1 Å². The number of nitrogens with zero attached hydrogens (tertiary/aromatic N) is 1. The van der Waals surface area contributed by atoms with Gasteiger partial charge in [0.2, 0.25) is 0 Å². The van der Waals surface area contributed by atoms with Crippen molar-refractivity contribution in [2.45, 2.75) is 39.2 Å². The van der Waals surface area contributed by atoms with Crippen molar-refractivity contribution in [3.63, 3.8) is 0 Å². The van der Waals surface area contributed by atoms with E-state index < -0.39 is 0 Å². The van der Waals surface area contributed by atoms with Crippen LogP contribution in [0.25, 0.3) is 10.2 Å². The minimum absolute atomic E-state index is 0.0232. The van der Waals surface area contributed by atoms with Crippen LogP contribution in [-0.2, 0) is 6.42 Å². The highest BCUT2D eigenvalue weighted by Crippen LogP contribution is 2.31. The monoisotopic (exact) mass is 353 g/mol. The maximum Gasteiger partial charge on any atom is 0.262 e. The van der Waals surface area contributed by atoms with Crippen LogP contribution in [0.5, 0.6) is 0 Å². The van der Waals surface area contributed by atoms with Gasteiger partial charge < -0.3 is 10.3 Å². The Bertz CT molecular complexity index is 1030. The van der Waals surface area contributed by atoms with Gasteiger partial charge in [-0.25, -0.2) is 4.98 Å². The average Bonchev–Trinajstić information content (AvgIpc) is 2.92. The van der Waals surface area contributed by atoms with Crippen LogP contribution in [0.1, 0.15) is 51.1 Å². The first-order chi connectivity index (χ1) is 12.0. The Balaban J connectivity index is 1.69. The summed E-state index contributed by atoms with van der Waals surface area (Å²) in [7, 11) is 0. The number of nitrogens with one attached hydrogen (secondary N) is 2. The summed E-state index contributed by atoms with van der Waals surface area (Å²) >= 11 is 1.29. The number of amides is 1. The van der Waals surface area contributed by atoms with Gasteiger partial charge in [-0.05, 0) is 49.8 Å². The van der Waals surface area contributed by atoms with Gasteiger partial charge in [0.1, 0.15) is 10.7 Å². The maximum absolute atomic E-state index is 12.9. The third-order valence-corrected chi connectivity index (χ3v) is 5.98. The van der Waals surface area contributed by atoms with Crippen LogP contribution in [-0.4, -0.2) is 15.9 Å². The topological polar surface area (TPSA) is 74.8 Å². The molecule has 1 aliphatic carbocycles. The fourth-order valence-electron chi connectivity index (χ4n) is 3.60. The largest absolute Gasteiger partial charge is 0.345 e. The zero-order valence-corrected chi connectivity index (χ0v) is 15.0. The molecule has 1 aromatic carbocycles. The normalized spacial score (nSPS) is 16.6. The van der Waals surface area contributed by atoms with Crippen molar-refractivity contribution in [1.29, 1.82) is 0 Å². The van der Waals surface area contributed by atoms with Crippen LogP contribution >= 0.6 is 11.3 Å². The zero-order valence-electron chi connectivity index (χ0n) is 14.2. The predicted octanol–water partition coefficient (Wildman–Crippen LogP) is 3.41. The summed E-state index contributed by atoms with van der Waals surface area (Å²) in [5.74, 6) is 0.436. The molecule has 4 rings (SSSR count). The lowest BCUT2D eigenvalue weighted by atomic mass is 9.87. The van der Waals surface area contributed by atoms with Gasteiger partial charge in [0, 0.05) is 0 Å². The van der Waals surface area contributed by atoms with Gasteiger partial charge >= 0.3 is 0 Å². The number of hydrogen-bond acceptors (Lipinski definition) is 4. The number of aromatic amines is 1. The lowest BCUT2D eigenvalue weighted by Gasteiger charge is -2.26. The number of carbonyl (C=O) groups is 1. The Morgan fingerprint density at radius 3 is 2.96 bits per heavy atom. The Morgan fingerprint density at radius 2 is 2.12 bits per heavy atom. The molecular formula is C19H19N3O2S. The zero-order chi connectivity index (χ0) is 17.6. The third kappa shape index (κ3) is 2.76. The molecule has 1 unspecified atom stereocenters. The standard InChI is InChI=1S/C19H19N3O2S/c1-10-15-17(23)20-11(2)21-19(15)25-16(10)18(24)22-14-9-5-7-12-6-3-4-8-13(12)14/h3-4,6,8,14H,5,7,9H2,1-2H3,(H,22,24)(H,20,21,23). The molecule has 0 aliphatic heterocycles. The number of carbonyl (C=O) groups excluding carboxylic acids is 1. The van der Waals surface area contributed by atoms with Crippen molar-refractivity contribution >= 4 is 27.5 Å². The van der Waals surface area contributed by atoms with Gasteiger partial charge in [-0.1, -0.05) is 24.3 Å². The van der Waals surface area contributed by atoms with E-state index >= 15 is 0 Å². The molecule has 6 heteroatoms. The molecule has 5 nitrogen and oxygen atoms in total. The average molecular weight is 353 g/mol. The molecule has 0 saturated heterocycles. The Morgan fingerprint density at radius 1 is 1.32 bits per heavy atom. The highest BCUT2D eigenvalue weighted by molar-refractivity contribution is 7.20. The van der Waals surface area contributed by atoms with E-state index in [2.05, 4.69) is 27.4 Å². The van der Waals surface area contributed by atoms with Crippen molar-refractivity contribution in [2.24, 2.45) is 0 Å². The lowest BCUT2D eigenvalue weighted by Crippen LogP contribution is -2.30. The SMILES string of the molecule is Cc1nc2sc(C(=O)NC3CCCc4ccccc43)c(C)c2c(=O)[nH]1. The highest BCUT2D eigenvalue weighted by Gasteiger charge is 2.25. The number of aromatic nitrogens is 2. The summed E-state index contributed by atoms with van der Waals surface area (Å²) in [6, 6.07) is 8.30. The smallest absolute Gasteiger partial charge is 0.262 e. The number of benzene rings is 1. The molecule has 2 N–H and O–H groups in total. The second-order valence-electron chi connectivity index (χ2n) is 6.50. The van der Waals surface area contributed by atoms with Crippen molar-refractivity contribution in [3.8, 4) is 0 Å². The van der Waals surface area contributed by atoms with E-state index in [1.165, 1.54) is 22.5 Å². The number of rotatable bonds is 2. The Kier molecular flexibility index (Phi) is 3.92. The summed E-state index contributed by atoms with van der Waals surface area (Å²) in [5.41, 5.74) is 3.03. The first kappa shape index (κ1) is 16.0. The van der Waals surface area contributed by atoms with E-state index in [0.717, 1.165) is 19.3 Å². The predicted molar refractivity (Wildman–Crippen MR) is 99.3 cm³/mol. The molecular weight excluding hydrogens is 334 g/mol. The van der Waals surface area contributed by atoms with E-state index in [9.17, 15) is 9.59 Å². The first-order valence-electron chi connectivity index (χ1n) is 8.43. The maximum atomic E-state index is 12.9. The number of thiophene rings is 1. The van der Waals surface area contributed by atoms with Crippen molar-refractivity contribution in [3.05, 3.63) is 62.0 Å². The van der Waals surface area contributed by atoms with E-state index in [-0.39, 0.29) is 17.5 Å². The second-order valence-corrected chi connectivity index (χ2v) is 7.50. The van der Waals surface area contributed by atoms with Gasteiger partial charge in [-0.3, -0.25) is 9.59 Å². The Labute approximate surface area is 149 Å².